The molecule has 0 fully saturated rings. The average molecular weight is 558 g/mol. The summed E-state index contributed by atoms with van der Waals surface area (Å²) in [6.45, 7) is 4.86. The molecule has 0 saturated carbocycles. The van der Waals surface area contributed by atoms with Crippen molar-refractivity contribution in [1.82, 2.24) is 34.2 Å². The molecule has 178 valence electrons. The van der Waals surface area contributed by atoms with Crippen molar-refractivity contribution in [2.45, 2.75) is 26.9 Å². The minimum absolute atomic E-state index is 0.104. The Balaban J connectivity index is 1.41. The maximum absolute atomic E-state index is 14.1. The highest BCUT2D eigenvalue weighted by atomic mass is 79.9. The minimum atomic E-state index is -0.461. The second-order valence-electron chi connectivity index (χ2n) is 7.77. The van der Waals surface area contributed by atoms with E-state index in [0.717, 1.165) is 23.5 Å². The van der Waals surface area contributed by atoms with Crippen LogP contribution < -0.4 is 5.32 Å². The van der Waals surface area contributed by atoms with Crippen LogP contribution in [-0.2, 0) is 13.1 Å². The van der Waals surface area contributed by atoms with Crippen molar-refractivity contribution < 1.29 is 9.18 Å². The normalized spacial score (nSPS) is 11.3. The van der Waals surface area contributed by atoms with E-state index < -0.39 is 11.7 Å². The summed E-state index contributed by atoms with van der Waals surface area (Å²) >= 11 is 9.51. The first kappa shape index (κ1) is 23.2. The summed E-state index contributed by atoms with van der Waals surface area (Å²) in [5, 5.41) is 16.3. The molecule has 5 aromatic rings. The first-order valence-electron chi connectivity index (χ1n) is 10.7. The number of aryl methyl sites for hydroxylation is 1. The van der Waals surface area contributed by atoms with Gasteiger partial charge in [0.05, 0.1) is 22.9 Å². The number of halogens is 3. The number of aromatic nitrogens is 7. The van der Waals surface area contributed by atoms with Crippen LogP contribution in [0.1, 0.15) is 28.7 Å². The van der Waals surface area contributed by atoms with Crippen molar-refractivity contribution in [1.29, 1.82) is 0 Å². The van der Waals surface area contributed by atoms with Crippen LogP contribution in [-0.4, -0.2) is 40.1 Å². The summed E-state index contributed by atoms with van der Waals surface area (Å²) in [4.78, 5) is 17.3. The molecule has 0 spiro atoms. The number of carbonyl (C=O) groups excluding carboxylic acids is 1. The molecule has 0 unspecified atom stereocenters. The van der Waals surface area contributed by atoms with Gasteiger partial charge >= 0.3 is 0 Å². The molecule has 0 saturated heterocycles. The van der Waals surface area contributed by atoms with Gasteiger partial charge in [-0.1, -0.05) is 17.7 Å². The lowest BCUT2D eigenvalue weighted by Crippen LogP contribution is -2.14. The molecule has 0 aliphatic rings. The van der Waals surface area contributed by atoms with Gasteiger partial charge in [0.2, 0.25) is 0 Å². The summed E-state index contributed by atoms with van der Waals surface area (Å²) in [5.41, 5.74) is 3.67. The van der Waals surface area contributed by atoms with E-state index in [2.05, 4.69) is 41.5 Å². The van der Waals surface area contributed by atoms with Crippen LogP contribution in [0.3, 0.4) is 0 Å². The zero-order chi connectivity index (χ0) is 24.7. The van der Waals surface area contributed by atoms with Gasteiger partial charge in [0.25, 0.3) is 5.91 Å². The van der Waals surface area contributed by atoms with E-state index in [1.165, 1.54) is 16.8 Å². The van der Waals surface area contributed by atoms with E-state index in [1.54, 1.807) is 35.2 Å². The van der Waals surface area contributed by atoms with E-state index in [0.29, 0.717) is 20.7 Å². The van der Waals surface area contributed by atoms with Gasteiger partial charge in [-0.15, -0.1) is 0 Å². The predicted octanol–water partition coefficient (Wildman–Crippen LogP) is 4.97. The molecule has 1 amide bonds. The number of hydrogen-bond donors (Lipinski definition) is 1. The molecule has 9 nitrogen and oxygen atoms in total. The second-order valence-corrected chi connectivity index (χ2v) is 9.03. The number of nitrogens with zero attached hydrogens (tertiary/aromatic N) is 7. The maximum atomic E-state index is 14.1. The van der Waals surface area contributed by atoms with E-state index in [9.17, 15) is 9.18 Å². The van der Waals surface area contributed by atoms with Crippen LogP contribution in [0.15, 0.2) is 53.4 Å². The van der Waals surface area contributed by atoms with Crippen molar-refractivity contribution >= 4 is 44.9 Å². The smallest absolute Gasteiger partial charge is 0.277 e. The van der Waals surface area contributed by atoms with Gasteiger partial charge in [0, 0.05) is 46.8 Å². The third-order valence-electron chi connectivity index (χ3n) is 5.60. The number of benzene rings is 1. The van der Waals surface area contributed by atoms with Crippen molar-refractivity contribution in [2.24, 2.45) is 0 Å². The lowest BCUT2D eigenvalue weighted by atomic mass is 10.2. The number of anilines is 1. The maximum Gasteiger partial charge on any atom is 0.277 e. The van der Waals surface area contributed by atoms with Gasteiger partial charge in [0.15, 0.2) is 17.2 Å². The Morgan fingerprint density at radius 2 is 2.09 bits per heavy atom. The third kappa shape index (κ3) is 4.32. The van der Waals surface area contributed by atoms with Crippen LogP contribution in [0.2, 0.25) is 5.02 Å². The van der Waals surface area contributed by atoms with Gasteiger partial charge < -0.3 is 5.32 Å². The molecule has 0 aliphatic heterocycles. The molecule has 5 rings (SSSR count). The number of amides is 1. The molecule has 35 heavy (non-hydrogen) atoms. The van der Waals surface area contributed by atoms with Crippen molar-refractivity contribution in [3.05, 3.63) is 81.2 Å². The summed E-state index contributed by atoms with van der Waals surface area (Å²) in [6.07, 6.45) is 5.08. The van der Waals surface area contributed by atoms with Crippen molar-refractivity contribution in [3.63, 3.8) is 0 Å². The molecular formula is C23H19BrClFN8O. The zero-order valence-corrected chi connectivity index (χ0v) is 21.0. The summed E-state index contributed by atoms with van der Waals surface area (Å²) < 4.78 is 19.7. The predicted molar refractivity (Wildman–Crippen MR) is 133 cm³/mol. The first-order chi connectivity index (χ1) is 16.9. The van der Waals surface area contributed by atoms with Gasteiger partial charge in [0.1, 0.15) is 5.82 Å². The SMILES string of the molecule is CCn1ncc(-c2ccnc3cc(C(=O)Nc4nn(Cc5c(F)cccc5Cl)cc4Br)nn23)c1C. The lowest BCUT2D eigenvalue weighted by Gasteiger charge is -2.06. The standard InChI is InChI=1S/C23H19BrClFN8O/c1-3-33-13(2)14(10-28-33)20-7-8-27-21-9-19(30-34(20)21)23(35)29-22-16(24)12-32(31-22)11-15-17(25)5-4-6-18(15)26/h4-10,12H,3,11H2,1-2H3,(H,29,31,35). The molecular weight excluding hydrogens is 539 g/mol. The summed E-state index contributed by atoms with van der Waals surface area (Å²) in [6, 6.07) is 7.92. The van der Waals surface area contributed by atoms with E-state index in [4.69, 9.17) is 11.6 Å². The average Bonchev–Trinajstić information content (AvgIpc) is 3.53. The molecule has 1 aromatic carbocycles. The van der Waals surface area contributed by atoms with Crippen LogP contribution in [0.4, 0.5) is 10.2 Å². The highest BCUT2D eigenvalue weighted by Crippen LogP contribution is 2.26. The topological polar surface area (TPSA) is 94.9 Å². The number of rotatable bonds is 6. The number of fused-ring (bicyclic) bond motifs is 1. The Labute approximate surface area is 212 Å². The zero-order valence-electron chi connectivity index (χ0n) is 18.7. The van der Waals surface area contributed by atoms with Crippen LogP contribution in [0.5, 0.6) is 0 Å². The Kier molecular flexibility index (Phi) is 6.12. The molecule has 0 aliphatic carbocycles. The fourth-order valence-electron chi connectivity index (χ4n) is 3.81. The molecule has 0 bridgehead atoms. The fraction of sp³-hybridized carbons (Fsp3) is 0.174. The molecule has 12 heteroatoms. The highest BCUT2D eigenvalue weighted by Gasteiger charge is 2.19. The van der Waals surface area contributed by atoms with Crippen LogP contribution in [0, 0.1) is 12.7 Å². The van der Waals surface area contributed by atoms with Crippen LogP contribution >= 0.6 is 27.5 Å². The Morgan fingerprint density at radius 3 is 2.83 bits per heavy atom. The lowest BCUT2D eigenvalue weighted by molar-refractivity contribution is 0.102. The summed E-state index contributed by atoms with van der Waals surface area (Å²) in [5.74, 6) is -0.618. The third-order valence-corrected chi connectivity index (χ3v) is 6.53. The van der Waals surface area contributed by atoms with Crippen molar-refractivity contribution in [2.75, 3.05) is 5.32 Å². The molecule has 0 radical (unpaired) electrons. The van der Waals surface area contributed by atoms with Gasteiger partial charge in [-0.25, -0.2) is 13.9 Å². The highest BCUT2D eigenvalue weighted by molar-refractivity contribution is 9.10. The fourth-order valence-corrected chi connectivity index (χ4v) is 4.44. The number of nitrogens with one attached hydrogen (secondary N) is 1. The van der Waals surface area contributed by atoms with Gasteiger partial charge in [-0.2, -0.15) is 15.3 Å². The summed E-state index contributed by atoms with van der Waals surface area (Å²) in [7, 11) is 0. The number of carbonyl (C=O) groups is 1. The van der Waals surface area contributed by atoms with Crippen molar-refractivity contribution in [3.8, 4) is 11.3 Å². The first-order valence-corrected chi connectivity index (χ1v) is 11.9. The minimum Gasteiger partial charge on any atom is -0.303 e. The Morgan fingerprint density at radius 1 is 1.26 bits per heavy atom. The Hall–Kier alpha value is -3.57. The van der Waals surface area contributed by atoms with E-state index in [-0.39, 0.29) is 18.1 Å². The van der Waals surface area contributed by atoms with Gasteiger partial charge in [-0.05, 0) is 48.0 Å². The largest absolute Gasteiger partial charge is 0.303 e. The molecule has 4 aromatic heterocycles. The van der Waals surface area contributed by atoms with E-state index >= 15 is 0 Å². The monoisotopic (exact) mass is 556 g/mol. The Bertz CT molecular complexity index is 1550. The number of hydrogen-bond acceptors (Lipinski definition) is 5. The molecule has 4 heterocycles. The quantitative estimate of drug-likeness (QED) is 0.318. The molecule has 1 N–H and O–H groups in total. The van der Waals surface area contributed by atoms with Gasteiger partial charge in [-0.3, -0.25) is 14.2 Å². The second kappa shape index (κ2) is 9.23. The van der Waals surface area contributed by atoms with E-state index in [1.807, 2.05) is 24.6 Å². The van der Waals surface area contributed by atoms with Crippen LogP contribution in [0.25, 0.3) is 16.9 Å². The molecule has 0 atom stereocenters.